The zero-order chi connectivity index (χ0) is 25.8. The van der Waals surface area contributed by atoms with Crippen molar-refractivity contribution in [1.82, 2.24) is 15.5 Å². The van der Waals surface area contributed by atoms with Gasteiger partial charge in [0.25, 0.3) is 10.0 Å². The third-order valence-electron chi connectivity index (χ3n) is 5.36. The van der Waals surface area contributed by atoms with Gasteiger partial charge in [-0.25, -0.2) is 13.2 Å². The Bertz CT molecular complexity index is 1180. The zero-order valence-electron chi connectivity index (χ0n) is 19.3. The molecule has 0 radical (unpaired) electrons. The summed E-state index contributed by atoms with van der Waals surface area (Å²) < 4.78 is 66.5. The van der Waals surface area contributed by atoms with E-state index in [1.165, 1.54) is 12.1 Å². The van der Waals surface area contributed by atoms with Gasteiger partial charge in [0.05, 0.1) is 4.90 Å². The highest BCUT2D eigenvalue weighted by Gasteiger charge is 2.43. The molecular weight excluding hydrogens is 485 g/mol. The lowest BCUT2D eigenvalue weighted by Gasteiger charge is -2.29. The Kier molecular flexibility index (Phi) is 7.93. The largest absolute Gasteiger partial charge is 0.471 e. The summed E-state index contributed by atoms with van der Waals surface area (Å²) in [4.78, 5) is 23.7. The number of rotatable bonds is 7. The molecule has 35 heavy (non-hydrogen) atoms. The van der Waals surface area contributed by atoms with Gasteiger partial charge in [0, 0.05) is 31.4 Å². The summed E-state index contributed by atoms with van der Waals surface area (Å²) in [7, 11) is -4.01. The molecule has 190 valence electrons. The van der Waals surface area contributed by atoms with Crippen molar-refractivity contribution in [3.63, 3.8) is 0 Å². The van der Waals surface area contributed by atoms with E-state index in [4.69, 9.17) is 0 Å². The molecule has 0 fully saturated rings. The molecule has 0 aromatic heterocycles. The van der Waals surface area contributed by atoms with E-state index in [1.54, 1.807) is 30.3 Å². The van der Waals surface area contributed by atoms with E-state index in [9.17, 15) is 31.2 Å². The second kappa shape index (κ2) is 10.5. The Morgan fingerprint density at radius 2 is 1.74 bits per heavy atom. The van der Waals surface area contributed by atoms with Gasteiger partial charge in [-0.15, -0.1) is 0 Å². The molecule has 3 rings (SSSR count). The first-order valence-electron chi connectivity index (χ1n) is 11.0. The van der Waals surface area contributed by atoms with Crippen molar-refractivity contribution in [2.24, 2.45) is 0 Å². The van der Waals surface area contributed by atoms with Gasteiger partial charge in [0.15, 0.2) is 0 Å². The average Bonchev–Trinajstić information content (AvgIpc) is 2.77. The standard InChI is InChI=1S/C23H27F3N4O4S/c1-15(2)28-22(32)27-11-9-16-3-6-19(7-4-16)29-35(33,34)20-8-5-17-10-12-30(14-18(17)13-20)21(31)23(24,25)26/h3-8,13,15,29H,9-12,14H2,1-2H3,(H2,27,28,32). The van der Waals surface area contributed by atoms with Crippen molar-refractivity contribution in [2.75, 3.05) is 17.8 Å². The number of nitrogens with one attached hydrogen (secondary N) is 3. The first-order chi connectivity index (χ1) is 16.3. The molecule has 3 N–H and O–H groups in total. The number of fused-ring (bicyclic) bond motifs is 1. The average molecular weight is 513 g/mol. The second-order valence-corrected chi connectivity index (χ2v) is 10.2. The van der Waals surface area contributed by atoms with Gasteiger partial charge in [0.1, 0.15) is 0 Å². The lowest BCUT2D eigenvalue weighted by Crippen LogP contribution is -2.43. The number of anilines is 1. The van der Waals surface area contributed by atoms with E-state index in [0.29, 0.717) is 34.7 Å². The van der Waals surface area contributed by atoms with Crippen LogP contribution in [0.4, 0.5) is 23.7 Å². The van der Waals surface area contributed by atoms with Crippen LogP contribution in [0.5, 0.6) is 0 Å². The van der Waals surface area contributed by atoms with Gasteiger partial charge in [-0.1, -0.05) is 18.2 Å². The van der Waals surface area contributed by atoms with Gasteiger partial charge in [0.2, 0.25) is 0 Å². The van der Waals surface area contributed by atoms with Crippen LogP contribution in [-0.4, -0.2) is 50.6 Å². The van der Waals surface area contributed by atoms with Gasteiger partial charge < -0.3 is 15.5 Å². The molecule has 1 heterocycles. The Balaban J connectivity index is 1.63. The maximum atomic E-state index is 12.9. The summed E-state index contributed by atoms with van der Waals surface area (Å²) in [6, 6.07) is 10.7. The maximum Gasteiger partial charge on any atom is 0.471 e. The molecule has 3 amide bonds. The van der Waals surface area contributed by atoms with Crippen molar-refractivity contribution in [2.45, 2.75) is 50.3 Å². The fraction of sp³-hybridized carbons (Fsp3) is 0.391. The van der Waals surface area contributed by atoms with Crippen molar-refractivity contribution in [3.8, 4) is 0 Å². The van der Waals surface area contributed by atoms with Crippen LogP contribution in [0.2, 0.25) is 0 Å². The Labute approximate surface area is 201 Å². The minimum Gasteiger partial charge on any atom is -0.338 e. The van der Waals surface area contributed by atoms with Gasteiger partial charge in [-0.3, -0.25) is 9.52 Å². The number of benzene rings is 2. The van der Waals surface area contributed by atoms with Crippen molar-refractivity contribution in [3.05, 3.63) is 59.2 Å². The quantitative estimate of drug-likeness (QED) is 0.530. The van der Waals surface area contributed by atoms with Crippen LogP contribution in [0, 0.1) is 0 Å². The van der Waals surface area contributed by atoms with Crippen molar-refractivity contribution < 1.29 is 31.2 Å². The van der Waals surface area contributed by atoms with Gasteiger partial charge in [-0.2, -0.15) is 13.2 Å². The summed E-state index contributed by atoms with van der Waals surface area (Å²) in [5.74, 6) is -1.94. The molecule has 0 spiro atoms. The molecule has 0 unspecified atom stereocenters. The molecule has 0 saturated carbocycles. The fourth-order valence-electron chi connectivity index (χ4n) is 3.64. The Morgan fingerprint density at radius 3 is 2.37 bits per heavy atom. The van der Waals surface area contributed by atoms with E-state index < -0.39 is 22.1 Å². The van der Waals surface area contributed by atoms with Crippen LogP contribution < -0.4 is 15.4 Å². The van der Waals surface area contributed by atoms with E-state index in [-0.39, 0.29) is 36.5 Å². The molecular formula is C23H27F3N4O4S. The van der Waals surface area contributed by atoms with Crippen LogP contribution >= 0.6 is 0 Å². The molecule has 0 aliphatic carbocycles. The van der Waals surface area contributed by atoms with E-state index in [2.05, 4.69) is 15.4 Å². The normalized spacial score (nSPS) is 13.8. The van der Waals surface area contributed by atoms with Crippen molar-refractivity contribution in [1.29, 1.82) is 0 Å². The number of alkyl halides is 3. The summed E-state index contributed by atoms with van der Waals surface area (Å²) in [5, 5.41) is 5.45. The molecule has 12 heteroatoms. The fourth-order valence-corrected chi connectivity index (χ4v) is 4.75. The lowest BCUT2D eigenvalue weighted by atomic mass is 10.00. The highest BCUT2D eigenvalue weighted by atomic mass is 32.2. The minimum atomic E-state index is -4.98. The van der Waals surface area contributed by atoms with Gasteiger partial charge in [-0.05, 0) is 67.6 Å². The van der Waals surface area contributed by atoms with Crippen LogP contribution in [0.15, 0.2) is 47.4 Å². The predicted molar refractivity (Wildman–Crippen MR) is 124 cm³/mol. The molecule has 1 aliphatic heterocycles. The highest BCUT2D eigenvalue weighted by Crippen LogP contribution is 2.27. The number of nitrogens with zero attached hydrogens (tertiary/aromatic N) is 1. The zero-order valence-corrected chi connectivity index (χ0v) is 20.1. The molecule has 0 atom stereocenters. The lowest BCUT2D eigenvalue weighted by molar-refractivity contribution is -0.186. The summed E-state index contributed by atoms with van der Waals surface area (Å²) >= 11 is 0. The summed E-state index contributed by atoms with van der Waals surface area (Å²) in [6.07, 6.45) is -4.22. The number of carbonyl (C=O) groups is 2. The first kappa shape index (κ1) is 26.3. The molecule has 0 bridgehead atoms. The molecule has 0 saturated heterocycles. The number of carbonyl (C=O) groups excluding carboxylic acids is 2. The molecule has 2 aromatic carbocycles. The smallest absolute Gasteiger partial charge is 0.338 e. The number of urea groups is 1. The third-order valence-corrected chi connectivity index (χ3v) is 6.73. The van der Waals surface area contributed by atoms with Gasteiger partial charge >= 0.3 is 18.1 Å². The second-order valence-electron chi connectivity index (χ2n) is 8.51. The Morgan fingerprint density at radius 1 is 1.06 bits per heavy atom. The molecule has 8 nitrogen and oxygen atoms in total. The maximum absolute atomic E-state index is 12.9. The van der Waals surface area contributed by atoms with Crippen LogP contribution in [0.3, 0.4) is 0 Å². The van der Waals surface area contributed by atoms with Crippen LogP contribution in [0.25, 0.3) is 0 Å². The molecule has 2 aromatic rings. The van der Waals surface area contributed by atoms with Crippen LogP contribution in [-0.2, 0) is 34.2 Å². The van der Waals surface area contributed by atoms with Crippen LogP contribution in [0.1, 0.15) is 30.5 Å². The minimum absolute atomic E-state index is 0.0266. The summed E-state index contributed by atoms with van der Waals surface area (Å²) in [6.45, 7) is 3.72. The number of sulfonamides is 1. The highest BCUT2D eigenvalue weighted by molar-refractivity contribution is 7.92. The number of hydrogen-bond acceptors (Lipinski definition) is 4. The Hall–Kier alpha value is -3.28. The summed E-state index contributed by atoms with van der Waals surface area (Å²) in [5.41, 5.74) is 2.27. The van der Waals surface area contributed by atoms with E-state index >= 15 is 0 Å². The predicted octanol–water partition coefficient (Wildman–Crippen LogP) is 3.18. The first-order valence-corrected chi connectivity index (χ1v) is 12.5. The third kappa shape index (κ3) is 7.10. The van der Waals surface area contributed by atoms with E-state index in [1.807, 2.05) is 13.8 Å². The number of amides is 3. The SMILES string of the molecule is CC(C)NC(=O)NCCc1ccc(NS(=O)(=O)c2ccc3c(c2)CN(C(=O)C(F)(F)F)CC3)cc1. The van der Waals surface area contributed by atoms with E-state index in [0.717, 1.165) is 5.56 Å². The topological polar surface area (TPSA) is 108 Å². The van der Waals surface area contributed by atoms with Crippen molar-refractivity contribution >= 4 is 27.6 Å². The number of halogens is 3. The number of hydrogen-bond donors (Lipinski definition) is 3. The molecule has 1 aliphatic rings. The monoisotopic (exact) mass is 512 g/mol.